The van der Waals surface area contributed by atoms with E-state index < -0.39 is 15.8 Å². The Hall–Kier alpha value is -1.08. The molecule has 0 aliphatic rings. The van der Waals surface area contributed by atoms with E-state index in [0.29, 0.717) is 0 Å². The summed E-state index contributed by atoms with van der Waals surface area (Å²) in [6, 6.07) is 2.30. The molecular weight excluding hydrogens is 286 g/mol. The molecule has 0 aliphatic heterocycles. The van der Waals surface area contributed by atoms with Gasteiger partial charge in [-0.25, -0.2) is 13.2 Å². The maximum Gasteiger partial charge on any atom is 0.337 e. The number of nitrogen functional groups attached to an aromatic ring is 1. The van der Waals surface area contributed by atoms with Crippen molar-refractivity contribution in [2.45, 2.75) is 4.90 Å². The monoisotopic (exact) mass is 293 g/mol. The van der Waals surface area contributed by atoms with Gasteiger partial charge in [0.1, 0.15) is 0 Å². The van der Waals surface area contributed by atoms with Gasteiger partial charge in [-0.3, -0.25) is 0 Å². The van der Waals surface area contributed by atoms with E-state index in [0.717, 1.165) is 12.3 Å². The highest BCUT2D eigenvalue weighted by atomic mass is 79.9. The molecule has 1 rings (SSSR count). The van der Waals surface area contributed by atoms with Gasteiger partial charge in [-0.1, -0.05) is 0 Å². The zero-order valence-electron chi connectivity index (χ0n) is 7.69. The largest absolute Gasteiger partial charge is 0.478 e. The second-order valence-corrected chi connectivity index (χ2v) is 5.79. The lowest BCUT2D eigenvalue weighted by Crippen LogP contribution is -2.06. The average molecular weight is 294 g/mol. The molecule has 0 heterocycles. The predicted molar refractivity (Wildman–Crippen MR) is 58.6 cm³/mol. The molecule has 0 saturated carbocycles. The van der Waals surface area contributed by atoms with E-state index in [4.69, 9.17) is 10.8 Å². The van der Waals surface area contributed by atoms with Crippen LogP contribution in [0.4, 0.5) is 5.69 Å². The summed E-state index contributed by atoms with van der Waals surface area (Å²) >= 11 is 3.01. The molecule has 0 saturated heterocycles. The molecule has 15 heavy (non-hydrogen) atoms. The molecule has 0 unspecified atom stereocenters. The van der Waals surface area contributed by atoms with E-state index >= 15 is 0 Å². The Morgan fingerprint density at radius 2 is 2.00 bits per heavy atom. The molecule has 7 heteroatoms. The van der Waals surface area contributed by atoms with Crippen molar-refractivity contribution in [3.8, 4) is 0 Å². The Kier molecular flexibility index (Phi) is 3.05. The van der Waals surface area contributed by atoms with Crippen LogP contribution in [0.15, 0.2) is 21.5 Å². The molecule has 1 aromatic rings. The summed E-state index contributed by atoms with van der Waals surface area (Å²) in [5.41, 5.74) is 5.22. The van der Waals surface area contributed by atoms with Crippen molar-refractivity contribution in [3.05, 3.63) is 22.2 Å². The third kappa shape index (κ3) is 2.48. The highest BCUT2D eigenvalue weighted by molar-refractivity contribution is 9.10. The third-order valence-corrected chi connectivity index (χ3v) is 3.79. The summed E-state index contributed by atoms with van der Waals surface area (Å²) in [4.78, 5) is 10.6. The lowest BCUT2D eigenvalue weighted by molar-refractivity contribution is 0.0698. The van der Waals surface area contributed by atoms with Crippen molar-refractivity contribution in [1.29, 1.82) is 0 Å². The van der Waals surface area contributed by atoms with Gasteiger partial charge in [-0.2, -0.15) is 0 Å². The quantitative estimate of drug-likeness (QED) is 0.797. The molecule has 0 bridgehead atoms. The molecular formula is C8H8BrNO4S. The Bertz CT molecular complexity index is 524. The Morgan fingerprint density at radius 1 is 1.47 bits per heavy atom. The first-order chi connectivity index (χ1) is 6.73. The SMILES string of the molecule is CS(=O)(=O)c1cc(C(=O)O)c(N)cc1Br. The van der Waals surface area contributed by atoms with Crippen LogP contribution in [0.25, 0.3) is 0 Å². The molecule has 0 amide bonds. The summed E-state index contributed by atoms with van der Waals surface area (Å²) in [7, 11) is -3.47. The molecule has 0 atom stereocenters. The summed E-state index contributed by atoms with van der Waals surface area (Å²) in [6.07, 6.45) is 0.995. The van der Waals surface area contributed by atoms with Gasteiger partial charge in [0.25, 0.3) is 0 Å². The molecule has 0 fully saturated rings. The van der Waals surface area contributed by atoms with Crippen LogP contribution in [-0.2, 0) is 9.84 Å². The van der Waals surface area contributed by atoms with E-state index in [1.165, 1.54) is 6.07 Å². The van der Waals surface area contributed by atoms with Gasteiger partial charge in [0.15, 0.2) is 9.84 Å². The Balaban J connectivity index is 3.58. The molecule has 0 aliphatic carbocycles. The van der Waals surface area contributed by atoms with E-state index in [-0.39, 0.29) is 20.6 Å². The highest BCUT2D eigenvalue weighted by Crippen LogP contribution is 2.27. The number of anilines is 1. The minimum absolute atomic E-state index is 0.0155. The van der Waals surface area contributed by atoms with E-state index in [1.807, 2.05) is 0 Å². The normalized spacial score (nSPS) is 11.3. The second kappa shape index (κ2) is 3.82. The van der Waals surface area contributed by atoms with Gasteiger partial charge >= 0.3 is 5.97 Å². The van der Waals surface area contributed by atoms with Crippen molar-refractivity contribution in [2.75, 3.05) is 12.0 Å². The number of carboxylic acid groups (broad SMARTS) is 1. The number of aromatic carboxylic acids is 1. The fraction of sp³-hybridized carbons (Fsp3) is 0.125. The molecule has 0 aromatic heterocycles. The molecule has 0 spiro atoms. The molecule has 1 aromatic carbocycles. The van der Waals surface area contributed by atoms with Crippen molar-refractivity contribution in [1.82, 2.24) is 0 Å². The van der Waals surface area contributed by atoms with Crippen molar-refractivity contribution in [2.24, 2.45) is 0 Å². The average Bonchev–Trinajstić information content (AvgIpc) is 2.00. The number of hydrogen-bond acceptors (Lipinski definition) is 4. The number of rotatable bonds is 2. The fourth-order valence-corrected chi connectivity index (χ4v) is 3.03. The lowest BCUT2D eigenvalue weighted by Gasteiger charge is -2.06. The van der Waals surface area contributed by atoms with Crippen molar-refractivity contribution >= 4 is 37.4 Å². The van der Waals surface area contributed by atoms with Gasteiger partial charge in [0.05, 0.1) is 10.5 Å². The topological polar surface area (TPSA) is 97.5 Å². The number of halogens is 1. The second-order valence-electron chi connectivity index (χ2n) is 2.95. The standard InChI is InChI=1S/C8H8BrNO4S/c1-15(13,14)7-2-4(8(11)12)6(10)3-5(7)9/h2-3H,10H2,1H3,(H,11,12). The minimum atomic E-state index is -3.47. The molecule has 5 nitrogen and oxygen atoms in total. The van der Waals surface area contributed by atoms with E-state index in [9.17, 15) is 13.2 Å². The fourth-order valence-electron chi connectivity index (χ4n) is 1.04. The third-order valence-electron chi connectivity index (χ3n) is 1.73. The van der Waals surface area contributed by atoms with Gasteiger partial charge < -0.3 is 10.8 Å². The maximum absolute atomic E-state index is 11.3. The van der Waals surface area contributed by atoms with E-state index in [1.54, 1.807) is 0 Å². The van der Waals surface area contributed by atoms with E-state index in [2.05, 4.69) is 15.9 Å². The number of benzene rings is 1. The maximum atomic E-state index is 11.3. The minimum Gasteiger partial charge on any atom is -0.478 e. The highest BCUT2D eigenvalue weighted by Gasteiger charge is 2.17. The van der Waals surface area contributed by atoms with Crippen LogP contribution in [0, 0.1) is 0 Å². The number of carbonyl (C=O) groups is 1. The first-order valence-electron chi connectivity index (χ1n) is 3.76. The number of carboxylic acids is 1. The first kappa shape index (κ1) is 12.0. The van der Waals surface area contributed by atoms with Crippen LogP contribution in [0.1, 0.15) is 10.4 Å². The van der Waals surface area contributed by atoms with Crippen LogP contribution >= 0.6 is 15.9 Å². The molecule has 3 N–H and O–H groups in total. The number of sulfone groups is 1. The van der Waals surface area contributed by atoms with Gasteiger partial charge in [-0.15, -0.1) is 0 Å². The molecule has 82 valence electrons. The van der Waals surface area contributed by atoms with Crippen LogP contribution in [-0.4, -0.2) is 25.7 Å². The zero-order chi connectivity index (χ0) is 11.8. The Labute approximate surface area is 94.9 Å². The summed E-state index contributed by atoms with van der Waals surface area (Å²) < 4.78 is 22.8. The van der Waals surface area contributed by atoms with Gasteiger partial charge in [0.2, 0.25) is 0 Å². The first-order valence-corrected chi connectivity index (χ1v) is 6.44. The van der Waals surface area contributed by atoms with Gasteiger partial charge in [0, 0.05) is 16.4 Å². The summed E-state index contributed by atoms with van der Waals surface area (Å²) in [5.74, 6) is -1.26. The summed E-state index contributed by atoms with van der Waals surface area (Å²) in [5, 5.41) is 8.76. The lowest BCUT2D eigenvalue weighted by atomic mass is 10.2. The number of hydrogen-bond donors (Lipinski definition) is 2. The summed E-state index contributed by atoms with van der Waals surface area (Å²) in [6.45, 7) is 0. The van der Waals surface area contributed by atoms with Crippen molar-refractivity contribution < 1.29 is 18.3 Å². The number of nitrogens with two attached hydrogens (primary N) is 1. The van der Waals surface area contributed by atoms with Crippen LogP contribution in [0.5, 0.6) is 0 Å². The zero-order valence-corrected chi connectivity index (χ0v) is 10.1. The van der Waals surface area contributed by atoms with Crippen LogP contribution < -0.4 is 5.73 Å². The van der Waals surface area contributed by atoms with Gasteiger partial charge in [-0.05, 0) is 28.1 Å². The molecule has 0 radical (unpaired) electrons. The van der Waals surface area contributed by atoms with Crippen LogP contribution in [0.2, 0.25) is 0 Å². The smallest absolute Gasteiger partial charge is 0.337 e. The Morgan fingerprint density at radius 3 is 2.40 bits per heavy atom. The van der Waals surface area contributed by atoms with Crippen molar-refractivity contribution in [3.63, 3.8) is 0 Å². The predicted octanol–water partition coefficient (Wildman–Crippen LogP) is 1.13. The van der Waals surface area contributed by atoms with Crippen LogP contribution in [0.3, 0.4) is 0 Å².